The lowest BCUT2D eigenvalue weighted by Gasteiger charge is -2.14. The summed E-state index contributed by atoms with van der Waals surface area (Å²) in [7, 11) is 0. The van der Waals surface area contributed by atoms with Crippen molar-refractivity contribution in [1.82, 2.24) is 5.32 Å². The van der Waals surface area contributed by atoms with Crippen molar-refractivity contribution in [2.24, 2.45) is 0 Å². The predicted octanol–water partition coefficient (Wildman–Crippen LogP) is 7.45. The number of nitrogens with one attached hydrogen (secondary N) is 1. The van der Waals surface area contributed by atoms with E-state index in [4.69, 9.17) is 4.74 Å². The van der Waals surface area contributed by atoms with Gasteiger partial charge in [-0.15, -0.1) is 0 Å². The summed E-state index contributed by atoms with van der Waals surface area (Å²) < 4.78 is 44.2. The standard InChI is InChI=1S/C30H26F3NO2/c1-2-36-29(35)25-16-24-15-22(19-7-10-26(11-8-19)30(31,32)33)9-12-27(24)28(17-25)21-5-3-20(4-6-21)23-13-14-34-18-23/h3-12,15-17,23,34H,2,13-14,18H2,1H3. The lowest BCUT2D eigenvalue weighted by Crippen LogP contribution is -2.07. The minimum Gasteiger partial charge on any atom is -0.462 e. The molecular formula is C30H26F3NO2. The molecule has 1 N–H and O–H groups in total. The molecule has 0 spiro atoms. The number of benzene rings is 4. The van der Waals surface area contributed by atoms with Crippen molar-refractivity contribution in [3.63, 3.8) is 0 Å². The lowest BCUT2D eigenvalue weighted by molar-refractivity contribution is -0.137. The van der Waals surface area contributed by atoms with Crippen molar-refractivity contribution in [3.8, 4) is 22.3 Å². The van der Waals surface area contributed by atoms with Crippen LogP contribution in [0.2, 0.25) is 0 Å². The van der Waals surface area contributed by atoms with Crippen LogP contribution in [0.5, 0.6) is 0 Å². The van der Waals surface area contributed by atoms with Gasteiger partial charge in [0.25, 0.3) is 0 Å². The zero-order chi connectivity index (χ0) is 25.3. The summed E-state index contributed by atoms with van der Waals surface area (Å²) in [6, 6.07) is 23.0. The van der Waals surface area contributed by atoms with Gasteiger partial charge in [0.15, 0.2) is 0 Å². The van der Waals surface area contributed by atoms with Crippen LogP contribution in [0.25, 0.3) is 33.0 Å². The van der Waals surface area contributed by atoms with Crippen LogP contribution in [-0.4, -0.2) is 25.7 Å². The normalized spacial score (nSPS) is 15.8. The van der Waals surface area contributed by atoms with E-state index in [1.807, 2.05) is 24.3 Å². The van der Waals surface area contributed by atoms with Crippen LogP contribution >= 0.6 is 0 Å². The fourth-order valence-corrected chi connectivity index (χ4v) is 4.85. The monoisotopic (exact) mass is 489 g/mol. The third-order valence-corrected chi connectivity index (χ3v) is 6.76. The average Bonchev–Trinajstić information content (AvgIpc) is 3.43. The molecule has 36 heavy (non-hydrogen) atoms. The predicted molar refractivity (Wildman–Crippen MR) is 136 cm³/mol. The van der Waals surface area contributed by atoms with E-state index < -0.39 is 17.7 Å². The molecule has 0 amide bonds. The Bertz CT molecular complexity index is 1390. The molecule has 1 saturated heterocycles. The van der Waals surface area contributed by atoms with Crippen LogP contribution < -0.4 is 5.32 Å². The fraction of sp³-hybridized carbons (Fsp3) is 0.233. The summed E-state index contributed by atoms with van der Waals surface area (Å²) in [6.07, 6.45) is -3.26. The Morgan fingerprint density at radius 2 is 1.61 bits per heavy atom. The second-order valence-electron chi connectivity index (χ2n) is 9.07. The number of rotatable bonds is 5. The van der Waals surface area contributed by atoms with E-state index in [1.54, 1.807) is 13.0 Å². The molecule has 1 atom stereocenters. The second-order valence-corrected chi connectivity index (χ2v) is 9.07. The van der Waals surface area contributed by atoms with Crippen molar-refractivity contribution in [3.05, 3.63) is 95.6 Å². The average molecular weight is 490 g/mol. The molecule has 1 aliphatic heterocycles. The van der Waals surface area contributed by atoms with Crippen LogP contribution in [0, 0.1) is 0 Å². The first-order valence-electron chi connectivity index (χ1n) is 12.1. The Kier molecular flexibility index (Phi) is 6.54. The van der Waals surface area contributed by atoms with Gasteiger partial charge >= 0.3 is 12.1 Å². The zero-order valence-electron chi connectivity index (χ0n) is 19.9. The highest BCUT2D eigenvalue weighted by molar-refractivity contribution is 6.04. The highest BCUT2D eigenvalue weighted by Gasteiger charge is 2.30. The maximum atomic E-state index is 13.0. The van der Waals surface area contributed by atoms with Crippen LogP contribution in [0.4, 0.5) is 13.2 Å². The molecule has 0 saturated carbocycles. The number of hydrogen-bond acceptors (Lipinski definition) is 3. The molecule has 5 rings (SSSR count). The summed E-state index contributed by atoms with van der Waals surface area (Å²) in [6.45, 7) is 4.04. The van der Waals surface area contributed by atoms with Crippen molar-refractivity contribution in [2.45, 2.75) is 25.4 Å². The van der Waals surface area contributed by atoms with Gasteiger partial charge in [-0.25, -0.2) is 4.79 Å². The molecule has 1 aliphatic rings. The molecule has 6 heteroatoms. The summed E-state index contributed by atoms with van der Waals surface area (Å²) >= 11 is 0. The van der Waals surface area contributed by atoms with Gasteiger partial charge in [0.05, 0.1) is 17.7 Å². The van der Waals surface area contributed by atoms with Crippen LogP contribution in [0.15, 0.2) is 78.9 Å². The molecule has 4 aromatic carbocycles. The van der Waals surface area contributed by atoms with Crippen molar-refractivity contribution < 1.29 is 22.7 Å². The SMILES string of the molecule is CCOC(=O)c1cc(-c2ccc(C3CCNC3)cc2)c2ccc(-c3ccc(C(F)(F)F)cc3)cc2c1. The van der Waals surface area contributed by atoms with Gasteiger partial charge < -0.3 is 10.1 Å². The summed E-state index contributed by atoms with van der Waals surface area (Å²) in [5.74, 6) is 0.0992. The highest BCUT2D eigenvalue weighted by Crippen LogP contribution is 2.36. The Balaban J connectivity index is 1.58. The maximum Gasteiger partial charge on any atom is 0.416 e. The number of carbonyl (C=O) groups is 1. The van der Waals surface area contributed by atoms with Crippen molar-refractivity contribution in [1.29, 1.82) is 0 Å². The van der Waals surface area contributed by atoms with Crippen LogP contribution in [0.3, 0.4) is 0 Å². The van der Waals surface area contributed by atoms with Crippen LogP contribution in [0.1, 0.15) is 40.7 Å². The summed E-state index contributed by atoms with van der Waals surface area (Å²) in [4.78, 5) is 12.7. The van der Waals surface area contributed by atoms with Crippen LogP contribution in [-0.2, 0) is 10.9 Å². The Morgan fingerprint density at radius 1 is 0.917 bits per heavy atom. The third-order valence-electron chi connectivity index (χ3n) is 6.76. The van der Waals surface area contributed by atoms with Gasteiger partial charge in [-0.05, 0) is 94.7 Å². The number of fused-ring (bicyclic) bond motifs is 1. The Labute approximate surface area is 207 Å². The number of alkyl halides is 3. The molecule has 1 heterocycles. The van der Waals surface area contributed by atoms with Gasteiger partial charge in [0.1, 0.15) is 0 Å². The molecule has 0 aromatic heterocycles. The number of hydrogen-bond donors (Lipinski definition) is 1. The largest absolute Gasteiger partial charge is 0.462 e. The molecule has 1 unspecified atom stereocenters. The van der Waals surface area contributed by atoms with E-state index in [0.717, 1.165) is 59.1 Å². The molecule has 184 valence electrons. The van der Waals surface area contributed by atoms with Gasteiger partial charge in [-0.1, -0.05) is 48.5 Å². The van der Waals surface area contributed by atoms with E-state index in [9.17, 15) is 18.0 Å². The molecular weight excluding hydrogens is 463 g/mol. The smallest absolute Gasteiger partial charge is 0.416 e. The number of halogens is 3. The second kappa shape index (κ2) is 9.78. The minimum absolute atomic E-state index is 0.266. The number of ether oxygens (including phenoxy) is 1. The lowest BCUT2D eigenvalue weighted by atomic mass is 9.91. The van der Waals surface area contributed by atoms with Gasteiger partial charge in [-0.3, -0.25) is 0 Å². The van der Waals surface area contributed by atoms with Gasteiger partial charge in [-0.2, -0.15) is 13.2 Å². The van der Waals surface area contributed by atoms with Crippen molar-refractivity contribution >= 4 is 16.7 Å². The van der Waals surface area contributed by atoms with E-state index in [-0.39, 0.29) is 6.61 Å². The first-order chi connectivity index (χ1) is 17.3. The first-order valence-corrected chi connectivity index (χ1v) is 12.1. The fourth-order valence-electron chi connectivity index (χ4n) is 4.85. The Hall–Kier alpha value is -3.64. The van der Waals surface area contributed by atoms with E-state index in [2.05, 4.69) is 29.6 Å². The minimum atomic E-state index is -4.38. The Morgan fingerprint density at radius 3 is 2.25 bits per heavy atom. The third kappa shape index (κ3) is 4.86. The molecule has 0 radical (unpaired) electrons. The number of esters is 1. The van der Waals surface area contributed by atoms with E-state index in [1.165, 1.54) is 17.7 Å². The first kappa shape index (κ1) is 24.1. The highest BCUT2D eigenvalue weighted by atomic mass is 19.4. The maximum absolute atomic E-state index is 13.0. The van der Waals surface area contributed by atoms with E-state index in [0.29, 0.717) is 17.0 Å². The zero-order valence-corrected chi connectivity index (χ0v) is 19.9. The molecule has 0 aliphatic carbocycles. The molecule has 1 fully saturated rings. The molecule has 4 aromatic rings. The molecule has 0 bridgehead atoms. The molecule has 3 nitrogen and oxygen atoms in total. The summed E-state index contributed by atoms with van der Waals surface area (Å²) in [5, 5.41) is 5.16. The van der Waals surface area contributed by atoms with E-state index >= 15 is 0 Å². The van der Waals surface area contributed by atoms with Crippen molar-refractivity contribution in [2.75, 3.05) is 19.7 Å². The quantitative estimate of drug-likeness (QED) is 0.296. The topological polar surface area (TPSA) is 38.3 Å². The van der Waals surface area contributed by atoms with Gasteiger partial charge in [0, 0.05) is 6.54 Å². The summed E-state index contributed by atoms with van der Waals surface area (Å²) in [5.41, 5.74) is 4.38. The number of carbonyl (C=O) groups excluding carboxylic acids is 1. The van der Waals surface area contributed by atoms with Gasteiger partial charge in [0.2, 0.25) is 0 Å².